The quantitative estimate of drug-likeness (QED) is 0.566. The zero-order valence-electron chi connectivity index (χ0n) is 14.5. The molecule has 0 aromatic heterocycles. The van der Waals surface area contributed by atoms with Crippen molar-refractivity contribution in [3.63, 3.8) is 0 Å². The maximum absolute atomic E-state index is 11.8. The van der Waals surface area contributed by atoms with E-state index >= 15 is 0 Å². The van der Waals surface area contributed by atoms with Crippen molar-refractivity contribution >= 4 is 29.8 Å². The van der Waals surface area contributed by atoms with E-state index in [4.69, 9.17) is 4.74 Å². The van der Waals surface area contributed by atoms with Crippen LogP contribution in [0.4, 0.5) is 5.69 Å². The van der Waals surface area contributed by atoms with Crippen molar-refractivity contribution < 1.29 is 14.3 Å². The second-order valence-electron chi connectivity index (χ2n) is 5.36. The number of amides is 2. The van der Waals surface area contributed by atoms with E-state index in [-0.39, 0.29) is 24.7 Å². The molecule has 0 spiro atoms. The van der Waals surface area contributed by atoms with Gasteiger partial charge in [-0.05, 0) is 35.9 Å². The average Bonchev–Trinajstić information content (AvgIpc) is 2.67. The van der Waals surface area contributed by atoms with Gasteiger partial charge >= 0.3 is 0 Å². The monoisotopic (exact) mass is 351 g/mol. The molecular formula is C20H21N3O3. The van der Waals surface area contributed by atoms with E-state index in [2.05, 4.69) is 15.8 Å². The number of methoxy groups -OCH3 is 1. The molecule has 0 fully saturated rings. The standard InChI is InChI=1S/C20H21N3O3/c1-26-18-11-9-17(10-12-18)22-19(24)13-14-20(25)23-21-15-5-8-16-6-3-2-4-7-16/h2-12,15H,13-14H2,1H3,(H,22,24)(H,23,25). The molecule has 0 saturated heterocycles. The second-order valence-corrected chi connectivity index (χ2v) is 5.36. The lowest BCUT2D eigenvalue weighted by Gasteiger charge is -2.05. The molecular weight excluding hydrogens is 330 g/mol. The molecule has 134 valence electrons. The van der Waals surface area contributed by atoms with Crippen molar-refractivity contribution in [2.75, 3.05) is 12.4 Å². The third kappa shape index (κ3) is 7.00. The Labute approximate surface area is 152 Å². The number of hydrazone groups is 1. The molecule has 2 rings (SSSR count). The molecule has 26 heavy (non-hydrogen) atoms. The zero-order chi connectivity index (χ0) is 18.6. The van der Waals surface area contributed by atoms with Gasteiger partial charge in [0.1, 0.15) is 5.75 Å². The molecule has 2 aromatic carbocycles. The van der Waals surface area contributed by atoms with Gasteiger partial charge in [0.25, 0.3) is 0 Å². The first-order valence-corrected chi connectivity index (χ1v) is 8.15. The minimum Gasteiger partial charge on any atom is -0.497 e. The molecule has 0 unspecified atom stereocenters. The smallest absolute Gasteiger partial charge is 0.240 e. The fourth-order valence-electron chi connectivity index (χ4n) is 2.05. The summed E-state index contributed by atoms with van der Waals surface area (Å²) in [5.74, 6) is 0.152. The van der Waals surface area contributed by atoms with Crippen molar-refractivity contribution in [2.24, 2.45) is 5.10 Å². The van der Waals surface area contributed by atoms with Crippen LogP contribution in [-0.2, 0) is 9.59 Å². The van der Waals surface area contributed by atoms with Crippen LogP contribution in [0.25, 0.3) is 6.08 Å². The summed E-state index contributed by atoms with van der Waals surface area (Å²) in [6.07, 6.45) is 5.22. The van der Waals surface area contributed by atoms with Crippen LogP contribution in [0.3, 0.4) is 0 Å². The number of allylic oxidation sites excluding steroid dienone is 1. The van der Waals surface area contributed by atoms with E-state index in [0.29, 0.717) is 11.4 Å². The van der Waals surface area contributed by atoms with Gasteiger partial charge in [0, 0.05) is 24.7 Å². The maximum atomic E-state index is 11.8. The SMILES string of the molecule is COc1ccc(NC(=O)CCC(=O)NN=CC=Cc2ccccc2)cc1. The molecule has 0 aliphatic carbocycles. The van der Waals surface area contributed by atoms with Crippen LogP contribution in [-0.4, -0.2) is 25.1 Å². The highest BCUT2D eigenvalue weighted by molar-refractivity contribution is 5.93. The van der Waals surface area contributed by atoms with Crippen molar-refractivity contribution in [1.29, 1.82) is 0 Å². The number of nitrogens with one attached hydrogen (secondary N) is 2. The van der Waals surface area contributed by atoms with Crippen LogP contribution in [0, 0.1) is 0 Å². The number of nitrogens with zero attached hydrogens (tertiary/aromatic N) is 1. The number of rotatable bonds is 8. The van der Waals surface area contributed by atoms with Crippen LogP contribution in [0.1, 0.15) is 18.4 Å². The lowest BCUT2D eigenvalue weighted by molar-refractivity contribution is -0.124. The maximum Gasteiger partial charge on any atom is 0.240 e. The number of carbonyl (C=O) groups is 2. The Morgan fingerprint density at radius 1 is 1.00 bits per heavy atom. The Kier molecular flexibility index (Phi) is 7.61. The van der Waals surface area contributed by atoms with Gasteiger partial charge in [-0.2, -0.15) is 5.10 Å². The molecule has 6 nitrogen and oxygen atoms in total. The van der Waals surface area contributed by atoms with Crippen LogP contribution >= 0.6 is 0 Å². The Morgan fingerprint density at radius 3 is 2.38 bits per heavy atom. The van der Waals surface area contributed by atoms with E-state index in [1.54, 1.807) is 37.5 Å². The van der Waals surface area contributed by atoms with Crippen molar-refractivity contribution in [1.82, 2.24) is 5.43 Å². The first-order chi connectivity index (χ1) is 12.7. The lowest BCUT2D eigenvalue weighted by atomic mass is 10.2. The lowest BCUT2D eigenvalue weighted by Crippen LogP contribution is -2.20. The number of carbonyl (C=O) groups excluding carboxylic acids is 2. The van der Waals surface area contributed by atoms with Crippen molar-refractivity contribution in [2.45, 2.75) is 12.8 Å². The summed E-state index contributed by atoms with van der Waals surface area (Å²) in [5, 5.41) is 6.53. The van der Waals surface area contributed by atoms with Gasteiger partial charge in [-0.25, -0.2) is 5.43 Å². The van der Waals surface area contributed by atoms with Crippen molar-refractivity contribution in [3.8, 4) is 5.75 Å². The molecule has 0 bridgehead atoms. The predicted molar refractivity (Wildman–Crippen MR) is 103 cm³/mol. The van der Waals surface area contributed by atoms with Crippen LogP contribution in [0.5, 0.6) is 5.75 Å². The second kappa shape index (κ2) is 10.5. The fraction of sp³-hybridized carbons (Fsp3) is 0.150. The van der Waals surface area contributed by atoms with E-state index in [9.17, 15) is 9.59 Å². The van der Waals surface area contributed by atoms with Gasteiger partial charge in [-0.3, -0.25) is 9.59 Å². The van der Waals surface area contributed by atoms with Crippen LogP contribution in [0.2, 0.25) is 0 Å². The summed E-state index contributed by atoms with van der Waals surface area (Å²) in [6.45, 7) is 0. The molecule has 2 amide bonds. The first-order valence-electron chi connectivity index (χ1n) is 8.15. The molecule has 0 radical (unpaired) electrons. The summed E-state index contributed by atoms with van der Waals surface area (Å²) in [6, 6.07) is 16.7. The molecule has 0 saturated carbocycles. The summed E-state index contributed by atoms with van der Waals surface area (Å²) in [7, 11) is 1.58. The summed E-state index contributed by atoms with van der Waals surface area (Å²) < 4.78 is 5.05. The van der Waals surface area contributed by atoms with Gasteiger partial charge in [-0.15, -0.1) is 0 Å². The molecule has 0 aliphatic heterocycles. The zero-order valence-corrected chi connectivity index (χ0v) is 14.5. The predicted octanol–water partition coefficient (Wildman–Crippen LogP) is 3.23. The number of benzene rings is 2. The molecule has 0 aliphatic rings. The minimum atomic E-state index is -0.320. The van der Waals surface area contributed by atoms with E-state index in [1.807, 2.05) is 36.4 Å². The van der Waals surface area contributed by atoms with Gasteiger partial charge in [0.2, 0.25) is 11.8 Å². The highest BCUT2D eigenvalue weighted by atomic mass is 16.5. The first kappa shape index (κ1) is 18.9. The normalized spacial score (nSPS) is 10.8. The molecule has 2 aromatic rings. The Bertz CT molecular complexity index is 769. The number of anilines is 1. The summed E-state index contributed by atoms with van der Waals surface area (Å²) in [4.78, 5) is 23.5. The average molecular weight is 351 g/mol. The summed E-state index contributed by atoms with van der Waals surface area (Å²) in [5.41, 5.74) is 4.08. The van der Waals surface area contributed by atoms with Gasteiger partial charge in [0.15, 0.2) is 0 Å². The molecule has 6 heteroatoms. The van der Waals surface area contributed by atoms with Gasteiger partial charge in [-0.1, -0.05) is 36.4 Å². The fourth-order valence-corrected chi connectivity index (χ4v) is 2.05. The van der Waals surface area contributed by atoms with Gasteiger partial charge in [0.05, 0.1) is 7.11 Å². The molecule has 2 N–H and O–H groups in total. The van der Waals surface area contributed by atoms with E-state index in [0.717, 1.165) is 5.56 Å². The largest absolute Gasteiger partial charge is 0.497 e. The Balaban J connectivity index is 1.66. The highest BCUT2D eigenvalue weighted by Gasteiger charge is 2.06. The topological polar surface area (TPSA) is 79.8 Å². The van der Waals surface area contributed by atoms with E-state index < -0.39 is 0 Å². The minimum absolute atomic E-state index is 0.0573. The molecule has 0 atom stereocenters. The van der Waals surface area contributed by atoms with Gasteiger partial charge < -0.3 is 10.1 Å². The highest BCUT2D eigenvalue weighted by Crippen LogP contribution is 2.15. The third-order valence-electron chi connectivity index (χ3n) is 3.39. The molecule has 0 heterocycles. The number of hydrogen-bond donors (Lipinski definition) is 2. The van der Waals surface area contributed by atoms with Crippen LogP contribution in [0.15, 0.2) is 65.8 Å². The number of hydrogen-bond acceptors (Lipinski definition) is 4. The van der Waals surface area contributed by atoms with Crippen molar-refractivity contribution in [3.05, 3.63) is 66.2 Å². The Hall–Kier alpha value is -3.41. The van der Waals surface area contributed by atoms with Crippen LogP contribution < -0.4 is 15.5 Å². The Morgan fingerprint density at radius 2 is 1.69 bits per heavy atom. The van der Waals surface area contributed by atoms with E-state index in [1.165, 1.54) is 6.21 Å². The third-order valence-corrected chi connectivity index (χ3v) is 3.39. The summed E-state index contributed by atoms with van der Waals surface area (Å²) >= 11 is 0. The number of ether oxygens (including phenoxy) is 1.